The van der Waals surface area contributed by atoms with E-state index in [1.807, 2.05) is 0 Å². The highest BCUT2D eigenvalue weighted by molar-refractivity contribution is 4.37. The molecule has 0 amide bonds. The molecule has 0 unspecified atom stereocenters. The van der Waals surface area contributed by atoms with Crippen LogP contribution in [0.4, 0.5) is 0 Å². The van der Waals surface area contributed by atoms with Gasteiger partial charge in [-0.1, -0.05) is 0 Å². The zero-order valence-electron chi connectivity index (χ0n) is 7.17. The predicted octanol–water partition coefficient (Wildman–Crippen LogP) is -0.404. The highest BCUT2D eigenvalue weighted by Gasteiger charge is 1.94. The van der Waals surface area contributed by atoms with Crippen molar-refractivity contribution in [1.82, 2.24) is 0 Å². The van der Waals surface area contributed by atoms with Gasteiger partial charge < -0.3 is 20.1 Å². The fourth-order valence-electron chi connectivity index (χ4n) is 0.440. The number of hydrogen-bond donors (Lipinski definition) is 1. The normalized spacial score (nSPS) is 16.4. The summed E-state index contributed by atoms with van der Waals surface area (Å²) in [6, 6.07) is 0. The summed E-state index contributed by atoms with van der Waals surface area (Å²) in [6.45, 7) is 6.56. The molecule has 0 spiro atoms. The molecule has 4 nitrogen and oxygen atoms in total. The predicted molar refractivity (Wildman–Crippen MR) is 42.6 cm³/mol. The van der Waals surface area contributed by atoms with Crippen molar-refractivity contribution >= 4 is 0 Å². The van der Waals surface area contributed by atoms with E-state index < -0.39 is 0 Å². The van der Waals surface area contributed by atoms with E-state index in [0.717, 1.165) is 26.4 Å². The Hall–Kier alpha value is -0.160. The van der Waals surface area contributed by atoms with Gasteiger partial charge in [-0.25, -0.2) is 0 Å². The fourth-order valence-corrected chi connectivity index (χ4v) is 0.440. The molecule has 70 valence electrons. The van der Waals surface area contributed by atoms with Crippen LogP contribution >= 0.6 is 0 Å². The average molecular weight is 166 g/mol. The molecule has 0 bridgehead atoms. The molecule has 0 aliphatic carbocycles. The third kappa shape index (κ3) is 17.7. The van der Waals surface area contributed by atoms with Gasteiger partial charge in [0.05, 0.1) is 26.4 Å². The molecule has 1 aliphatic rings. The smallest absolute Gasteiger partial charge is 0.0701 e. The van der Waals surface area contributed by atoms with Gasteiger partial charge in [-0.05, 0) is 13.8 Å². The first-order valence-electron chi connectivity index (χ1n) is 3.57. The van der Waals surface area contributed by atoms with Gasteiger partial charge in [-0.15, -0.1) is 0 Å². The molecule has 0 saturated carbocycles. The van der Waals surface area contributed by atoms with Gasteiger partial charge in [-0.3, -0.25) is 0 Å². The second-order valence-corrected chi connectivity index (χ2v) is 2.32. The molecule has 0 aromatic rings. The topological polar surface area (TPSA) is 70.2 Å². The maximum absolute atomic E-state index is 8.06. The lowest BCUT2D eigenvalue weighted by Crippen LogP contribution is -2.16. The molecule has 0 atom stereocenters. The minimum Gasteiger partial charge on any atom is -0.412 e. The number of ether oxygens (including phenoxy) is 2. The Balaban J connectivity index is 0. The number of hydrogen-bond acceptors (Lipinski definition) is 3. The summed E-state index contributed by atoms with van der Waals surface area (Å²) < 4.78 is 9.89. The van der Waals surface area contributed by atoms with Gasteiger partial charge in [-0.2, -0.15) is 0 Å². The quantitative estimate of drug-likeness (QED) is 0.532. The summed E-state index contributed by atoms with van der Waals surface area (Å²) in [6.07, 6.45) is -0.167. The van der Waals surface area contributed by atoms with Crippen LogP contribution in [-0.2, 0) is 9.47 Å². The van der Waals surface area contributed by atoms with Gasteiger partial charge in [0, 0.05) is 6.10 Å². The zero-order valence-corrected chi connectivity index (χ0v) is 7.17. The molecule has 4 heteroatoms. The van der Waals surface area contributed by atoms with Crippen LogP contribution in [0.25, 0.3) is 0 Å². The van der Waals surface area contributed by atoms with Crippen molar-refractivity contribution in [2.24, 2.45) is 0 Å². The first kappa shape index (κ1) is 13.4. The van der Waals surface area contributed by atoms with Gasteiger partial charge in [0.2, 0.25) is 0 Å². The molecule has 1 heterocycles. The summed E-state index contributed by atoms with van der Waals surface area (Å²) in [5.41, 5.74) is 0. The van der Waals surface area contributed by atoms with Crippen molar-refractivity contribution in [3.63, 3.8) is 0 Å². The van der Waals surface area contributed by atoms with Gasteiger partial charge in [0.15, 0.2) is 0 Å². The lowest BCUT2D eigenvalue weighted by molar-refractivity contribution is -0.0334. The molecular formula is C7H18O4. The van der Waals surface area contributed by atoms with Gasteiger partial charge in [0.25, 0.3) is 0 Å². The minimum absolute atomic E-state index is 0. The highest BCUT2D eigenvalue weighted by atomic mass is 16.6. The largest absolute Gasteiger partial charge is 0.412 e. The van der Waals surface area contributed by atoms with Crippen LogP contribution in [0.2, 0.25) is 0 Å². The van der Waals surface area contributed by atoms with Crippen molar-refractivity contribution in [3.8, 4) is 0 Å². The summed E-state index contributed by atoms with van der Waals surface area (Å²) in [7, 11) is 0. The molecular weight excluding hydrogens is 148 g/mol. The maximum Gasteiger partial charge on any atom is 0.0701 e. The van der Waals surface area contributed by atoms with E-state index in [4.69, 9.17) is 14.6 Å². The lowest BCUT2D eigenvalue weighted by atomic mass is 10.5. The van der Waals surface area contributed by atoms with Crippen LogP contribution in [0.3, 0.4) is 0 Å². The molecule has 1 saturated heterocycles. The van der Waals surface area contributed by atoms with Crippen LogP contribution < -0.4 is 0 Å². The second-order valence-electron chi connectivity index (χ2n) is 2.32. The minimum atomic E-state index is -0.167. The molecule has 0 aromatic heterocycles. The van der Waals surface area contributed by atoms with E-state index in [2.05, 4.69) is 0 Å². The van der Waals surface area contributed by atoms with E-state index in [1.54, 1.807) is 13.8 Å². The van der Waals surface area contributed by atoms with Crippen LogP contribution in [0.15, 0.2) is 0 Å². The summed E-state index contributed by atoms with van der Waals surface area (Å²) in [5, 5.41) is 8.06. The van der Waals surface area contributed by atoms with Gasteiger partial charge in [0.1, 0.15) is 0 Å². The fraction of sp³-hybridized carbons (Fsp3) is 1.00. The van der Waals surface area contributed by atoms with E-state index in [1.165, 1.54) is 0 Å². The molecule has 0 aromatic carbocycles. The number of rotatable bonds is 0. The maximum atomic E-state index is 8.06. The second kappa shape index (κ2) is 9.84. The first-order valence-corrected chi connectivity index (χ1v) is 3.57. The van der Waals surface area contributed by atoms with Crippen molar-refractivity contribution < 1.29 is 20.1 Å². The monoisotopic (exact) mass is 166 g/mol. The van der Waals surface area contributed by atoms with Gasteiger partial charge >= 0.3 is 0 Å². The van der Waals surface area contributed by atoms with Crippen LogP contribution in [-0.4, -0.2) is 43.1 Å². The van der Waals surface area contributed by atoms with E-state index >= 15 is 0 Å². The molecule has 1 rings (SSSR count). The van der Waals surface area contributed by atoms with Crippen LogP contribution in [0.1, 0.15) is 13.8 Å². The van der Waals surface area contributed by atoms with Crippen LogP contribution in [0, 0.1) is 0 Å². The van der Waals surface area contributed by atoms with Crippen molar-refractivity contribution in [2.45, 2.75) is 20.0 Å². The van der Waals surface area contributed by atoms with E-state index in [-0.39, 0.29) is 11.6 Å². The Kier molecular flexibility index (Phi) is 12.0. The van der Waals surface area contributed by atoms with Crippen molar-refractivity contribution in [2.75, 3.05) is 26.4 Å². The van der Waals surface area contributed by atoms with Crippen molar-refractivity contribution in [3.05, 3.63) is 0 Å². The summed E-state index contributed by atoms with van der Waals surface area (Å²) in [4.78, 5) is 0. The van der Waals surface area contributed by atoms with E-state index in [0.29, 0.717) is 0 Å². The summed E-state index contributed by atoms with van der Waals surface area (Å²) in [5.74, 6) is 0. The molecule has 0 radical (unpaired) electrons. The molecule has 1 aliphatic heterocycles. The Labute approximate surface area is 67.4 Å². The molecule has 3 N–H and O–H groups in total. The van der Waals surface area contributed by atoms with Crippen molar-refractivity contribution in [1.29, 1.82) is 0 Å². The zero-order chi connectivity index (χ0) is 7.82. The Morgan fingerprint density at radius 3 is 1.27 bits per heavy atom. The standard InChI is InChI=1S/C4H8O2.C3H8O.H2O/c1-2-6-4-3-5-1;1-3(2)4;/h1-4H2;3-4H,1-2H3;1H2. The molecule has 11 heavy (non-hydrogen) atoms. The third-order valence-corrected chi connectivity index (χ3v) is 0.744. The third-order valence-electron chi connectivity index (χ3n) is 0.744. The Bertz CT molecular complexity index is 47.2. The van der Waals surface area contributed by atoms with Crippen LogP contribution in [0.5, 0.6) is 0 Å². The lowest BCUT2D eigenvalue weighted by Gasteiger charge is -2.09. The summed E-state index contributed by atoms with van der Waals surface area (Å²) >= 11 is 0. The highest BCUT2D eigenvalue weighted by Crippen LogP contribution is 1.85. The SMILES string of the molecule is C1COCCO1.CC(C)O.O. The first-order chi connectivity index (χ1) is 4.73. The number of aliphatic hydroxyl groups is 1. The Morgan fingerprint density at radius 2 is 1.18 bits per heavy atom. The molecule has 1 fully saturated rings. The van der Waals surface area contributed by atoms with E-state index in [9.17, 15) is 0 Å². The number of aliphatic hydroxyl groups excluding tert-OH is 1. The average Bonchev–Trinajstić information content (AvgIpc) is 1.90. The Morgan fingerprint density at radius 1 is 1.00 bits per heavy atom.